The van der Waals surface area contributed by atoms with Gasteiger partial charge in [-0.1, -0.05) is 18.2 Å². The van der Waals surface area contributed by atoms with Crippen LogP contribution in [-0.2, 0) is 0 Å². The van der Waals surface area contributed by atoms with Crippen LogP contribution in [0.2, 0.25) is 0 Å². The van der Waals surface area contributed by atoms with Crippen LogP contribution in [0, 0.1) is 17.1 Å². The lowest BCUT2D eigenvalue weighted by Gasteiger charge is -2.14. The first-order valence-corrected chi connectivity index (χ1v) is 6.16. The van der Waals surface area contributed by atoms with E-state index in [2.05, 4.69) is 5.32 Å². The molecule has 0 aliphatic carbocycles. The zero-order valence-corrected chi connectivity index (χ0v) is 10.9. The molecule has 2 aromatic rings. The van der Waals surface area contributed by atoms with E-state index in [1.54, 1.807) is 30.3 Å². The zero-order chi connectivity index (χ0) is 14.5. The molecule has 0 unspecified atom stereocenters. The van der Waals surface area contributed by atoms with Gasteiger partial charge in [-0.3, -0.25) is 4.79 Å². The lowest BCUT2D eigenvalue weighted by molar-refractivity contribution is 0.0940. The van der Waals surface area contributed by atoms with Crippen molar-refractivity contribution >= 4 is 5.91 Å². The molecular weight excluding hydrogens is 255 g/mol. The number of amides is 1. The van der Waals surface area contributed by atoms with Gasteiger partial charge in [0.1, 0.15) is 5.82 Å². The Labute approximate surface area is 116 Å². The predicted molar refractivity (Wildman–Crippen MR) is 73.4 cm³/mol. The van der Waals surface area contributed by atoms with Gasteiger partial charge in [0.2, 0.25) is 0 Å². The number of nitriles is 1. The van der Waals surface area contributed by atoms with Crippen LogP contribution in [0.1, 0.15) is 34.5 Å². The molecule has 1 atom stereocenters. The van der Waals surface area contributed by atoms with Crippen LogP contribution >= 0.6 is 0 Å². The largest absolute Gasteiger partial charge is 0.346 e. The van der Waals surface area contributed by atoms with Gasteiger partial charge in [-0.15, -0.1) is 0 Å². The van der Waals surface area contributed by atoms with Crippen molar-refractivity contribution in [3.8, 4) is 6.07 Å². The van der Waals surface area contributed by atoms with E-state index in [1.165, 1.54) is 18.2 Å². The molecule has 0 saturated heterocycles. The molecule has 0 aliphatic heterocycles. The maximum atomic E-state index is 12.8. The third-order valence-electron chi connectivity index (χ3n) is 2.97. The van der Waals surface area contributed by atoms with E-state index in [0.29, 0.717) is 11.1 Å². The van der Waals surface area contributed by atoms with Crippen LogP contribution in [0.5, 0.6) is 0 Å². The molecule has 0 saturated carbocycles. The maximum absolute atomic E-state index is 12.8. The second-order valence-electron chi connectivity index (χ2n) is 4.44. The van der Waals surface area contributed by atoms with Crippen molar-refractivity contribution in [1.82, 2.24) is 5.32 Å². The fourth-order valence-corrected chi connectivity index (χ4v) is 1.84. The van der Waals surface area contributed by atoms with Gasteiger partial charge in [-0.05, 0) is 42.8 Å². The molecule has 4 heteroatoms. The summed E-state index contributed by atoms with van der Waals surface area (Å²) >= 11 is 0. The Kier molecular flexibility index (Phi) is 4.11. The minimum atomic E-state index is -0.311. The van der Waals surface area contributed by atoms with Crippen LogP contribution < -0.4 is 5.32 Å². The average molecular weight is 268 g/mol. The normalized spacial score (nSPS) is 11.4. The summed E-state index contributed by atoms with van der Waals surface area (Å²) < 4.78 is 12.8. The Bertz CT molecular complexity index is 659. The first-order valence-electron chi connectivity index (χ1n) is 6.16. The fraction of sp³-hybridized carbons (Fsp3) is 0.125. The summed E-state index contributed by atoms with van der Waals surface area (Å²) in [7, 11) is 0. The number of benzene rings is 2. The van der Waals surface area contributed by atoms with E-state index in [1.807, 2.05) is 13.0 Å². The van der Waals surface area contributed by atoms with Gasteiger partial charge in [-0.25, -0.2) is 4.39 Å². The van der Waals surface area contributed by atoms with Crippen molar-refractivity contribution in [2.24, 2.45) is 0 Å². The maximum Gasteiger partial charge on any atom is 0.251 e. The minimum Gasteiger partial charge on any atom is -0.346 e. The van der Waals surface area contributed by atoms with Gasteiger partial charge >= 0.3 is 0 Å². The molecule has 0 spiro atoms. The second-order valence-corrected chi connectivity index (χ2v) is 4.44. The molecular formula is C16H13FN2O. The average Bonchev–Trinajstić information content (AvgIpc) is 2.47. The Morgan fingerprint density at radius 1 is 1.25 bits per heavy atom. The summed E-state index contributed by atoms with van der Waals surface area (Å²) in [5.74, 6) is -0.576. The highest BCUT2D eigenvalue weighted by Crippen LogP contribution is 2.14. The summed E-state index contributed by atoms with van der Waals surface area (Å²) in [5.41, 5.74) is 1.68. The number of carbonyl (C=O) groups excluding carboxylic acids is 1. The quantitative estimate of drug-likeness (QED) is 0.929. The smallest absolute Gasteiger partial charge is 0.251 e. The van der Waals surface area contributed by atoms with Crippen molar-refractivity contribution in [3.05, 3.63) is 71.0 Å². The van der Waals surface area contributed by atoms with Gasteiger partial charge in [-0.2, -0.15) is 5.26 Å². The van der Waals surface area contributed by atoms with Crippen molar-refractivity contribution in [1.29, 1.82) is 5.26 Å². The summed E-state index contributed by atoms with van der Waals surface area (Å²) in [5, 5.41) is 11.6. The Balaban J connectivity index is 2.11. The molecule has 0 aromatic heterocycles. The molecule has 0 radical (unpaired) electrons. The Morgan fingerprint density at radius 3 is 2.60 bits per heavy atom. The molecule has 20 heavy (non-hydrogen) atoms. The molecule has 3 nitrogen and oxygen atoms in total. The number of nitrogens with one attached hydrogen (secondary N) is 1. The van der Waals surface area contributed by atoms with E-state index in [4.69, 9.17) is 5.26 Å². The molecule has 100 valence electrons. The third-order valence-corrected chi connectivity index (χ3v) is 2.97. The van der Waals surface area contributed by atoms with Crippen molar-refractivity contribution in [2.75, 3.05) is 0 Å². The van der Waals surface area contributed by atoms with Gasteiger partial charge in [0.15, 0.2) is 0 Å². The van der Waals surface area contributed by atoms with Crippen molar-refractivity contribution in [3.63, 3.8) is 0 Å². The minimum absolute atomic E-state index is 0.242. The van der Waals surface area contributed by atoms with Crippen LogP contribution in [0.25, 0.3) is 0 Å². The van der Waals surface area contributed by atoms with Gasteiger partial charge in [0.05, 0.1) is 17.7 Å². The monoisotopic (exact) mass is 268 g/mol. The summed E-state index contributed by atoms with van der Waals surface area (Å²) in [4.78, 5) is 12.1. The van der Waals surface area contributed by atoms with E-state index in [-0.39, 0.29) is 17.8 Å². The number of hydrogen-bond acceptors (Lipinski definition) is 2. The van der Waals surface area contributed by atoms with E-state index >= 15 is 0 Å². The molecule has 0 aliphatic rings. The van der Waals surface area contributed by atoms with E-state index in [9.17, 15) is 9.18 Å². The summed E-state index contributed by atoms with van der Waals surface area (Å²) in [6.07, 6.45) is 0. The lowest BCUT2D eigenvalue weighted by atomic mass is 10.1. The highest BCUT2D eigenvalue weighted by molar-refractivity contribution is 5.94. The van der Waals surface area contributed by atoms with Gasteiger partial charge in [0.25, 0.3) is 5.91 Å². The highest BCUT2D eigenvalue weighted by atomic mass is 19.1. The molecule has 0 fully saturated rings. The zero-order valence-electron chi connectivity index (χ0n) is 10.9. The third kappa shape index (κ3) is 3.21. The highest BCUT2D eigenvalue weighted by Gasteiger charge is 2.11. The van der Waals surface area contributed by atoms with E-state index < -0.39 is 0 Å². The van der Waals surface area contributed by atoms with Gasteiger partial charge in [0, 0.05) is 5.56 Å². The lowest BCUT2D eigenvalue weighted by Crippen LogP contribution is -2.26. The van der Waals surface area contributed by atoms with Crippen LogP contribution in [0.15, 0.2) is 48.5 Å². The number of hydrogen-bond donors (Lipinski definition) is 1. The number of halogens is 1. The van der Waals surface area contributed by atoms with Crippen LogP contribution in [0.4, 0.5) is 4.39 Å². The van der Waals surface area contributed by atoms with Crippen molar-refractivity contribution < 1.29 is 9.18 Å². The summed E-state index contributed by atoms with van der Waals surface area (Å²) in [6.45, 7) is 1.82. The fourth-order valence-electron chi connectivity index (χ4n) is 1.84. The topological polar surface area (TPSA) is 52.9 Å². The molecule has 0 bridgehead atoms. The molecule has 1 amide bonds. The predicted octanol–water partition coefficient (Wildman–Crippen LogP) is 3.19. The number of carbonyl (C=O) groups is 1. The first kappa shape index (κ1) is 13.8. The number of nitrogens with zero attached hydrogens (tertiary/aromatic N) is 1. The SMILES string of the molecule is C[C@@H](NC(=O)c1cccc(C#N)c1)c1ccc(F)cc1. The van der Waals surface area contributed by atoms with Crippen molar-refractivity contribution in [2.45, 2.75) is 13.0 Å². The Hall–Kier alpha value is -2.67. The molecule has 2 rings (SSSR count). The Morgan fingerprint density at radius 2 is 1.95 bits per heavy atom. The van der Waals surface area contributed by atoms with Crippen LogP contribution in [-0.4, -0.2) is 5.91 Å². The second kappa shape index (κ2) is 5.98. The van der Waals surface area contributed by atoms with Crippen LogP contribution in [0.3, 0.4) is 0 Å². The first-order chi connectivity index (χ1) is 9.60. The molecule has 2 aromatic carbocycles. The van der Waals surface area contributed by atoms with E-state index in [0.717, 1.165) is 5.56 Å². The standard InChI is InChI=1S/C16H13FN2O/c1-11(13-5-7-15(17)8-6-13)19-16(20)14-4-2-3-12(9-14)10-18/h2-9,11H,1H3,(H,19,20)/t11-/m1/s1. The number of rotatable bonds is 3. The summed E-state index contributed by atoms with van der Waals surface area (Å²) in [6, 6.07) is 14.2. The molecule has 1 N–H and O–H groups in total. The van der Waals surface area contributed by atoms with Gasteiger partial charge < -0.3 is 5.32 Å². The molecule has 0 heterocycles.